The summed E-state index contributed by atoms with van der Waals surface area (Å²) in [5, 5.41) is 6.95. The quantitative estimate of drug-likeness (QED) is 0.411. The van der Waals surface area contributed by atoms with Gasteiger partial charge in [0.1, 0.15) is 18.5 Å². The summed E-state index contributed by atoms with van der Waals surface area (Å²) in [5.74, 6) is 6.69. The fourth-order valence-corrected chi connectivity index (χ4v) is 2.87. The van der Waals surface area contributed by atoms with Crippen molar-refractivity contribution < 1.29 is 19.0 Å². The molecule has 8 heteroatoms. The third-order valence-corrected chi connectivity index (χ3v) is 4.25. The minimum atomic E-state index is -0.303. The molecule has 32 heavy (non-hydrogen) atoms. The molecule has 1 aromatic carbocycles. The molecule has 166 valence electrons. The molecule has 1 N–H and O–H groups in total. The molecule has 2 heterocycles. The highest BCUT2D eigenvalue weighted by molar-refractivity contribution is 6.04. The Morgan fingerprint density at radius 1 is 1.25 bits per heavy atom. The number of rotatable bonds is 9. The van der Waals surface area contributed by atoms with Gasteiger partial charge in [-0.25, -0.2) is 0 Å². The molecule has 1 amide bonds. The third kappa shape index (κ3) is 7.23. The zero-order chi connectivity index (χ0) is 22.8. The maximum absolute atomic E-state index is 12.8. The van der Waals surface area contributed by atoms with Gasteiger partial charge in [-0.15, -0.1) is 0 Å². The summed E-state index contributed by atoms with van der Waals surface area (Å²) in [5.41, 5.74) is 1.89. The van der Waals surface area contributed by atoms with Gasteiger partial charge in [-0.05, 0) is 37.3 Å². The number of hydrogen-bond acceptors (Lipinski definition) is 6. The van der Waals surface area contributed by atoms with Crippen LogP contribution in [0.1, 0.15) is 28.5 Å². The van der Waals surface area contributed by atoms with E-state index in [9.17, 15) is 4.79 Å². The van der Waals surface area contributed by atoms with Gasteiger partial charge in [-0.2, -0.15) is 5.10 Å². The van der Waals surface area contributed by atoms with E-state index in [1.165, 1.54) is 0 Å². The largest absolute Gasteiger partial charge is 0.488 e. The first-order chi connectivity index (χ1) is 15.5. The van der Waals surface area contributed by atoms with Crippen molar-refractivity contribution in [1.82, 2.24) is 14.8 Å². The predicted octanol–water partition coefficient (Wildman–Crippen LogP) is 3.05. The molecule has 0 aliphatic rings. The lowest BCUT2D eigenvalue weighted by Crippen LogP contribution is -2.19. The van der Waals surface area contributed by atoms with Crippen molar-refractivity contribution in [3.63, 3.8) is 0 Å². The van der Waals surface area contributed by atoms with Crippen molar-refractivity contribution in [2.24, 2.45) is 7.05 Å². The van der Waals surface area contributed by atoms with E-state index in [0.29, 0.717) is 35.9 Å². The first-order valence-electron chi connectivity index (χ1n) is 10.1. The lowest BCUT2D eigenvalue weighted by molar-refractivity contribution is 0.0917. The predicted molar refractivity (Wildman–Crippen MR) is 120 cm³/mol. The van der Waals surface area contributed by atoms with Gasteiger partial charge in [0.15, 0.2) is 5.82 Å². The van der Waals surface area contributed by atoms with Crippen LogP contribution < -0.4 is 10.1 Å². The Labute approximate surface area is 187 Å². The Morgan fingerprint density at radius 3 is 2.84 bits per heavy atom. The number of carbonyl (C=O) groups excluding carboxylic acids is 1. The normalized spacial score (nSPS) is 11.3. The van der Waals surface area contributed by atoms with Crippen LogP contribution in [0.25, 0.3) is 0 Å². The number of methoxy groups -OCH3 is 1. The Bertz CT molecular complexity index is 1090. The van der Waals surface area contributed by atoms with Crippen LogP contribution in [-0.4, -0.2) is 47.1 Å². The lowest BCUT2D eigenvalue weighted by Gasteiger charge is -2.15. The first kappa shape index (κ1) is 23.0. The monoisotopic (exact) mass is 434 g/mol. The van der Waals surface area contributed by atoms with Gasteiger partial charge in [0.25, 0.3) is 5.91 Å². The van der Waals surface area contributed by atoms with Gasteiger partial charge in [-0.3, -0.25) is 14.5 Å². The van der Waals surface area contributed by atoms with E-state index in [2.05, 4.69) is 27.2 Å². The minimum absolute atomic E-state index is 0.184. The number of benzene rings is 1. The molecule has 8 nitrogen and oxygen atoms in total. The van der Waals surface area contributed by atoms with Crippen LogP contribution in [0.4, 0.5) is 5.82 Å². The first-order valence-corrected chi connectivity index (χ1v) is 10.1. The van der Waals surface area contributed by atoms with Crippen molar-refractivity contribution >= 4 is 11.7 Å². The third-order valence-electron chi connectivity index (χ3n) is 4.25. The molecule has 0 aliphatic heterocycles. The maximum atomic E-state index is 12.8. The molecule has 0 aliphatic carbocycles. The lowest BCUT2D eigenvalue weighted by atomic mass is 10.1. The molecule has 3 rings (SSSR count). The Kier molecular flexibility index (Phi) is 8.37. The maximum Gasteiger partial charge on any atom is 0.257 e. The highest BCUT2D eigenvalue weighted by Gasteiger charge is 2.12. The molecular weight excluding hydrogens is 408 g/mol. The highest BCUT2D eigenvalue weighted by atomic mass is 16.5. The number of aromatic nitrogens is 3. The Morgan fingerprint density at radius 2 is 2.12 bits per heavy atom. The SMILES string of the molecule is COC[C@H](C)Oc1cc(C#CCOCc2ccccn2)cc(C(=O)Nc2ccn(C)n2)c1. The number of anilines is 1. The van der Waals surface area contributed by atoms with E-state index in [-0.39, 0.29) is 18.6 Å². The molecule has 0 unspecified atom stereocenters. The number of hydrogen-bond donors (Lipinski definition) is 1. The smallest absolute Gasteiger partial charge is 0.257 e. The number of nitrogens with zero attached hydrogens (tertiary/aromatic N) is 3. The summed E-state index contributed by atoms with van der Waals surface area (Å²) < 4.78 is 18.2. The number of nitrogens with one attached hydrogen (secondary N) is 1. The van der Waals surface area contributed by atoms with E-state index in [1.54, 1.807) is 55.5 Å². The number of amides is 1. The second-order valence-corrected chi connectivity index (χ2v) is 7.07. The molecule has 0 saturated carbocycles. The summed E-state index contributed by atoms with van der Waals surface area (Å²) in [6.07, 6.45) is 3.29. The van der Waals surface area contributed by atoms with Crippen molar-refractivity contribution in [1.29, 1.82) is 0 Å². The van der Waals surface area contributed by atoms with E-state index in [4.69, 9.17) is 14.2 Å². The fraction of sp³-hybridized carbons (Fsp3) is 0.292. The Balaban J connectivity index is 1.71. The average molecular weight is 434 g/mol. The summed E-state index contributed by atoms with van der Waals surface area (Å²) in [6.45, 7) is 2.93. The van der Waals surface area contributed by atoms with Crippen molar-refractivity contribution in [3.8, 4) is 17.6 Å². The van der Waals surface area contributed by atoms with Crippen LogP contribution in [0.15, 0.2) is 54.9 Å². The molecule has 3 aromatic rings. The van der Waals surface area contributed by atoms with Crippen LogP contribution in [0, 0.1) is 11.8 Å². The standard InChI is InChI=1S/C24H26N4O4/c1-18(16-30-3)32-22-14-19(7-6-12-31-17-21-8-4-5-10-25-21)13-20(15-22)24(29)26-23-9-11-28(2)27-23/h4-5,8-11,13-15,18H,12,16-17H2,1-3H3,(H,26,27,29)/t18-/m0/s1. The van der Waals surface area contributed by atoms with Gasteiger partial charge in [0.05, 0.1) is 18.9 Å². The van der Waals surface area contributed by atoms with Crippen LogP contribution in [-0.2, 0) is 23.1 Å². The van der Waals surface area contributed by atoms with Gasteiger partial charge in [0.2, 0.25) is 0 Å². The van der Waals surface area contributed by atoms with E-state index in [0.717, 1.165) is 5.69 Å². The van der Waals surface area contributed by atoms with Crippen molar-refractivity contribution in [2.75, 3.05) is 25.6 Å². The molecule has 0 fully saturated rings. The van der Waals surface area contributed by atoms with E-state index < -0.39 is 0 Å². The zero-order valence-corrected chi connectivity index (χ0v) is 18.4. The number of ether oxygens (including phenoxy) is 3. The summed E-state index contributed by atoms with van der Waals surface area (Å²) in [7, 11) is 3.39. The summed E-state index contributed by atoms with van der Waals surface area (Å²) >= 11 is 0. The molecule has 0 radical (unpaired) electrons. The second kappa shape index (κ2) is 11.6. The average Bonchev–Trinajstić information content (AvgIpc) is 3.18. The highest BCUT2D eigenvalue weighted by Crippen LogP contribution is 2.19. The topological polar surface area (TPSA) is 87.5 Å². The summed E-state index contributed by atoms with van der Waals surface area (Å²) in [4.78, 5) is 17.0. The zero-order valence-electron chi connectivity index (χ0n) is 18.4. The molecule has 0 spiro atoms. The fourth-order valence-electron chi connectivity index (χ4n) is 2.87. The molecule has 0 bridgehead atoms. The molecule has 2 aromatic heterocycles. The molecule has 0 saturated heterocycles. The van der Waals surface area contributed by atoms with Crippen LogP contribution >= 0.6 is 0 Å². The van der Waals surface area contributed by atoms with E-state index in [1.807, 2.05) is 25.1 Å². The van der Waals surface area contributed by atoms with Crippen molar-refractivity contribution in [2.45, 2.75) is 19.6 Å². The summed E-state index contributed by atoms with van der Waals surface area (Å²) in [6, 6.07) is 12.5. The van der Waals surface area contributed by atoms with Crippen molar-refractivity contribution in [3.05, 3.63) is 71.7 Å². The molecule has 1 atom stereocenters. The van der Waals surface area contributed by atoms with Crippen LogP contribution in [0.2, 0.25) is 0 Å². The number of aryl methyl sites for hydroxylation is 1. The minimum Gasteiger partial charge on any atom is -0.488 e. The Hall–Kier alpha value is -3.67. The van der Waals surface area contributed by atoms with Gasteiger partial charge >= 0.3 is 0 Å². The van der Waals surface area contributed by atoms with Gasteiger partial charge in [0, 0.05) is 43.7 Å². The van der Waals surface area contributed by atoms with Crippen LogP contribution in [0.3, 0.4) is 0 Å². The molecular formula is C24H26N4O4. The number of carbonyl (C=O) groups is 1. The second-order valence-electron chi connectivity index (χ2n) is 7.07. The van der Waals surface area contributed by atoms with Gasteiger partial charge in [-0.1, -0.05) is 17.9 Å². The number of pyridine rings is 1. The van der Waals surface area contributed by atoms with E-state index >= 15 is 0 Å². The van der Waals surface area contributed by atoms with Gasteiger partial charge < -0.3 is 19.5 Å². The van der Waals surface area contributed by atoms with Crippen LogP contribution in [0.5, 0.6) is 5.75 Å².